The van der Waals surface area contributed by atoms with Crippen LogP contribution in [0.15, 0.2) is 96.0 Å². The van der Waals surface area contributed by atoms with E-state index in [1.807, 2.05) is 35.2 Å². The molecule has 4 rings (SSSR count). The molecule has 164 valence electrons. The zero-order valence-corrected chi connectivity index (χ0v) is 19.6. The van der Waals surface area contributed by atoms with Gasteiger partial charge in [0.1, 0.15) is 12.4 Å². The first kappa shape index (κ1) is 22.3. The number of carbonyl (C=O) groups excluding carboxylic acids is 1. The van der Waals surface area contributed by atoms with E-state index >= 15 is 0 Å². The summed E-state index contributed by atoms with van der Waals surface area (Å²) in [6, 6.07) is 26.9. The van der Waals surface area contributed by atoms with Crippen LogP contribution in [0, 0.1) is 0 Å². The zero-order chi connectivity index (χ0) is 22.3. The molecular formula is C27H27BrN2O2. The fourth-order valence-corrected chi connectivity index (χ4v) is 4.64. The van der Waals surface area contributed by atoms with E-state index in [1.165, 1.54) is 11.1 Å². The molecule has 0 unspecified atom stereocenters. The van der Waals surface area contributed by atoms with Crippen LogP contribution in [-0.4, -0.2) is 48.5 Å². The summed E-state index contributed by atoms with van der Waals surface area (Å²) in [6.45, 7) is 7.13. The molecule has 0 aliphatic carbocycles. The Morgan fingerprint density at radius 3 is 2.06 bits per heavy atom. The van der Waals surface area contributed by atoms with Crippen molar-refractivity contribution >= 4 is 21.8 Å². The zero-order valence-electron chi connectivity index (χ0n) is 18.0. The lowest BCUT2D eigenvalue weighted by Crippen LogP contribution is -2.49. The first-order valence-corrected chi connectivity index (χ1v) is 11.6. The molecule has 5 heteroatoms. The van der Waals surface area contributed by atoms with E-state index in [-0.39, 0.29) is 11.9 Å². The Bertz CT molecular complexity index is 1010. The second-order valence-corrected chi connectivity index (χ2v) is 8.65. The SMILES string of the molecule is C=CCOc1ccc(C(=O)N2CCN(C(c3ccccc3)c3ccccc3)CC2)cc1Br. The number of hydrogen-bond donors (Lipinski definition) is 0. The molecule has 1 saturated heterocycles. The van der Waals surface area contributed by atoms with Gasteiger partial charge in [0, 0.05) is 31.7 Å². The van der Waals surface area contributed by atoms with Crippen LogP contribution in [0.1, 0.15) is 27.5 Å². The number of ether oxygens (including phenoxy) is 1. The Morgan fingerprint density at radius 1 is 0.938 bits per heavy atom. The van der Waals surface area contributed by atoms with E-state index in [0.717, 1.165) is 17.6 Å². The summed E-state index contributed by atoms with van der Waals surface area (Å²) in [5.41, 5.74) is 3.22. The molecular weight excluding hydrogens is 464 g/mol. The molecule has 3 aromatic carbocycles. The Kier molecular flexibility index (Phi) is 7.40. The van der Waals surface area contributed by atoms with Crippen LogP contribution in [0.5, 0.6) is 5.75 Å². The van der Waals surface area contributed by atoms with Crippen LogP contribution in [0.2, 0.25) is 0 Å². The molecule has 4 nitrogen and oxygen atoms in total. The standard InChI is InChI=1S/C27H27BrN2O2/c1-2-19-32-25-14-13-23(20-24(25)28)27(31)30-17-15-29(16-18-30)26(21-9-5-3-6-10-21)22-11-7-4-8-12-22/h2-14,20,26H,1,15-19H2. The van der Waals surface area contributed by atoms with Crippen LogP contribution in [0.3, 0.4) is 0 Å². The van der Waals surface area contributed by atoms with Gasteiger partial charge in [-0.15, -0.1) is 0 Å². The van der Waals surface area contributed by atoms with Gasteiger partial charge in [0.15, 0.2) is 0 Å². The fourth-order valence-electron chi connectivity index (χ4n) is 4.15. The lowest BCUT2D eigenvalue weighted by Gasteiger charge is -2.39. The molecule has 1 aliphatic rings. The van der Waals surface area contributed by atoms with Crippen molar-refractivity contribution in [3.63, 3.8) is 0 Å². The monoisotopic (exact) mass is 490 g/mol. The number of carbonyl (C=O) groups is 1. The van der Waals surface area contributed by atoms with Crippen molar-refractivity contribution in [2.75, 3.05) is 32.8 Å². The molecule has 1 fully saturated rings. The van der Waals surface area contributed by atoms with Crippen LogP contribution < -0.4 is 4.74 Å². The van der Waals surface area contributed by atoms with E-state index in [1.54, 1.807) is 6.08 Å². The number of nitrogens with zero attached hydrogens (tertiary/aromatic N) is 2. The smallest absolute Gasteiger partial charge is 0.253 e. The quantitative estimate of drug-likeness (QED) is 0.406. The first-order chi connectivity index (χ1) is 15.7. The van der Waals surface area contributed by atoms with Gasteiger partial charge in [-0.2, -0.15) is 0 Å². The summed E-state index contributed by atoms with van der Waals surface area (Å²) in [5.74, 6) is 0.761. The molecule has 3 aromatic rings. The minimum atomic E-state index is 0.0524. The number of rotatable bonds is 7. The van der Waals surface area contributed by atoms with E-state index in [4.69, 9.17) is 4.74 Å². The van der Waals surface area contributed by atoms with E-state index < -0.39 is 0 Å². The molecule has 1 aliphatic heterocycles. The van der Waals surface area contributed by atoms with Gasteiger partial charge >= 0.3 is 0 Å². The molecule has 1 heterocycles. The fraction of sp³-hybridized carbons (Fsp3) is 0.222. The maximum absolute atomic E-state index is 13.1. The second kappa shape index (κ2) is 10.6. The number of piperazine rings is 1. The van der Waals surface area contributed by atoms with Crippen molar-refractivity contribution in [2.45, 2.75) is 6.04 Å². The van der Waals surface area contributed by atoms with Gasteiger partial charge in [0.05, 0.1) is 10.5 Å². The van der Waals surface area contributed by atoms with Gasteiger partial charge in [-0.05, 0) is 45.3 Å². The van der Waals surface area contributed by atoms with Gasteiger partial charge in [0.25, 0.3) is 5.91 Å². The average molecular weight is 491 g/mol. The van der Waals surface area contributed by atoms with E-state index in [2.05, 4.69) is 75.9 Å². The molecule has 0 N–H and O–H groups in total. The highest BCUT2D eigenvalue weighted by Gasteiger charge is 2.28. The van der Waals surface area contributed by atoms with Crippen LogP contribution in [-0.2, 0) is 0 Å². The number of hydrogen-bond acceptors (Lipinski definition) is 3. The molecule has 1 amide bonds. The summed E-state index contributed by atoms with van der Waals surface area (Å²) in [5, 5.41) is 0. The lowest BCUT2D eigenvalue weighted by atomic mass is 9.96. The molecule has 0 spiro atoms. The highest BCUT2D eigenvalue weighted by Crippen LogP contribution is 2.30. The van der Waals surface area contributed by atoms with E-state index in [0.29, 0.717) is 31.0 Å². The largest absolute Gasteiger partial charge is 0.488 e. The Labute approximate surface area is 198 Å². The van der Waals surface area contributed by atoms with Crippen LogP contribution in [0.25, 0.3) is 0 Å². The molecule has 0 radical (unpaired) electrons. The molecule has 0 atom stereocenters. The van der Waals surface area contributed by atoms with Crippen molar-refractivity contribution in [1.29, 1.82) is 0 Å². The highest BCUT2D eigenvalue weighted by atomic mass is 79.9. The minimum absolute atomic E-state index is 0.0524. The summed E-state index contributed by atoms with van der Waals surface area (Å²) >= 11 is 3.51. The molecule has 0 aromatic heterocycles. The predicted octanol–water partition coefficient (Wildman–Crippen LogP) is 5.56. The summed E-state index contributed by atoms with van der Waals surface area (Å²) < 4.78 is 6.37. The summed E-state index contributed by atoms with van der Waals surface area (Å²) in [7, 11) is 0. The van der Waals surface area contributed by atoms with Gasteiger partial charge < -0.3 is 9.64 Å². The van der Waals surface area contributed by atoms with Gasteiger partial charge in [-0.1, -0.05) is 73.3 Å². The Balaban J connectivity index is 1.46. The molecule has 32 heavy (non-hydrogen) atoms. The number of amides is 1. The molecule has 0 bridgehead atoms. The van der Waals surface area contributed by atoms with Crippen molar-refractivity contribution < 1.29 is 9.53 Å². The van der Waals surface area contributed by atoms with Crippen molar-refractivity contribution in [3.8, 4) is 5.75 Å². The first-order valence-electron chi connectivity index (χ1n) is 10.8. The maximum atomic E-state index is 13.1. The van der Waals surface area contributed by atoms with Crippen molar-refractivity contribution in [3.05, 3.63) is 113 Å². The molecule has 0 saturated carbocycles. The third-order valence-corrected chi connectivity index (χ3v) is 6.35. The topological polar surface area (TPSA) is 32.8 Å². The summed E-state index contributed by atoms with van der Waals surface area (Å²) in [6.07, 6.45) is 1.70. The average Bonchev–Trinajstić information content (AvgIpc) is 2.85. The maximum Gasteiger partial charge on any atom is 0.253 e. The third kappa shape index (κ3) is 5.12. The van der Waals surface area contributed by atoms with Crippen LogP contribution >= 0.6 is 15.9 Å². The normalized spacial score (nSPS) is 14.4. The van der Waals surface area contributed by atoms with E-state index in [9.17, 15) is 4.79 Å². The number of benzene rings is 3. The van der Waals surface area contributed by atoms with Gasteiger partial charge in [0.2, 0.25) is 0 Å². The van der Waals surface area contributed by atoms with Crippen LogP contribution in [0.4, 0.5) is 0 Å². The van der Waals surface area contributed by atoms with Gasteiger partial charge in [-0.25, -0.2) is 0 Å². The lowest BCUT2D eigenvalue weighted by molar-refractivity contribution is 0.0597. The third-order valence-electron chi connectivity index (χ3n) is 5.73. The Hall–Kier alpha value is -2.89. The summed E-state index contributed by atoms with van der Waals surface area (Å²) in [4.78, 5) is 17.5. The second-order valence-electron chi connectivity index (χ2n) is 7.80. The Morgan fingerprint density at radius 2 is 1.53 bits per heavy atom. The van der Waals surface area contributed by atoms with Gasteiger partial charge in [-0.3, -0.25) is 9.69 Å². The van der Waals surface area contributed by atoms with Crippen molar-refractivity contribution in [2.24, 2.45) is 0 Å². The van der Waals surface area contributed by atoms with Crippen molar-refractivity contribution in [1.82, 2.24) is 9.80 Å². The predicted molar refractivity (Wildman–Crippen MR) is 132 cm³/mol. The number of halogens is 1. The minimum Gasteiger partial charge on any atom is -0.488 e. The highest BCUT2D eigenvalue weighted by molar-refractivity contribution is 9.10.